The molecule has 0 aromatic carbocycles. The highest BCUT2D eigenvalue weighted by Gasteiger charge is 2.29. The highest BCUT2D eigenvalue weighted by molar-refractivity contribution is 5.67. The van der Waals surface area contributed by atoms with Crippen LogP contribution in [0.2, 0.25) is 0 Å². The van der Waals surface area contributed by atoms with Crippen molar-refractivity contribution in [3.8, 4) is 0 Å². The molecule has 0 spiro atoms. The maximum Gasteiger partial charge on any atom is 0.407 e. The van der Waals surface area contributed by atoms with Gasteiger partial charge < -0.3 is 15.4 Å². The molecule has 0 aromatic heterocycles. The number of amides is 1. The van der Waals surface area contributed by atoms with Gasteiger partial charge in [0, 0.05) is 6.04 Å². The van der Waals surface area contributed by atoms with Gasteiger partial charge in [0.1, 0.15) is 6.10 Å². The van der Waals surface area contributed by atoms with Gasteiger partial charge in [-0.25, -0.2) is 4.79 Å². The lowest BCUT2D eigenvalue weighted by atomic mass is 10.1. The smallest absolute Gasteiger partial charge is 0.407 e. The Labute approximate surface area is 90.8 Å². The Morgan fingerprint density at radius 2 is 2.00 bits per heavy atom. The third-order valence-electron chi connectivity index (χ3n) is 3.23. The van der Waals surface area contributed by atoms with E-state index in [1.807, 2.05) is 0 Å². The maximum absolute atomic E-state index is 11.5. The predicted octanol–water partition coefficient (Wildman–Crippen LogP) is 1.26. The van der Waals surface area contributed by atoms with Gasteiger partial charge in [-0.2, -0.15) is 0 Å². The first-order chi connectivity index (χ1) is 7.25. The van der Waals surface area contributed by atoms with Crippen LogP contribution in [-0.4, -0.2) is 31.3 Å². The first-order valence-electron chi connectivity index (χ1n) is 5.93. The van der Waals surface area contributed by atoms with Crippen molar-refractivity contribution < 1.29 is 9.53 Å². The van der Waals surface area contributed by atoms with E-state index in [0.717, 1.165) is 25.9 Å². The SMILES string of the molecule is C[C@H](NC(=O)OC1CCNCC1)C1CC1. The Bertz CT molecular complexity index is 223. The largest absolute Gasteiger partial charge is 0.446 e. The Morgan fingerprint density at radius 1 is 1.33 bits per heavy atom. The number of nitrogens with one attached hydrogen (secondary N) is 2. The lowest BCUT2D eigenvalue weighted by Crippen LogP contribution is -2.40. The number of carbonyl (C=O) groups is 1. The van der Waals surface area contributed by atoms with E-state index < -0.39 is 0 Å². The lowest BCUT2D eigenvalue weighted by molar-refractivity contribution is 0.0767. The van der Waals surface area contributed by atoms with E-state index in [0.29, 0.717) is 5.92 Å². The number of rotatable bonds is 3. The van der Waals surface area contributed by atoms with Crippen molar-refractivity contribution in [3.63, 3.8) is 0 Å². The van der Waals surface area contributed by atoms with E-state index in [2.05, 4.69) is 17.6 Å². The number of hydrogen-bond acceptors (Lipinski definition) is 3. The molecule has 0 radical (unpaired) electrons. The predicted molar refractivity (Wildman–Crippen MR) is 57.7 cm³/mol. The third-order valence-corrected chi connectivity index (χ3v) is 3.23. The topological polar surface area (TPSA) is 50.4 Å². The number of ether oxygens (including phenoxy) is 1. The molecule has 4 heteroatoms. The first-order valence-corrected chi connectivity index (χ1v) is 5.93. The van der Waals surface area contributed by atoms with Crippen molar-refractivity contribution in [3.05, 3.63) is 0 Å². The second-order valence-electron chi connectivity index (χ2n) is 4.63. The van der Waals surface area contributed by atoms with Crippen LogP contribution < -0.4 is 10.6 Å². The van der Waals surface area contributed by atoms with Gasteiger partial charge >= 0.3 is 6.09 Å². The van der Waals surface area contributed by atoms with E-state index in [1.54, 1.807) is 0 Å². The maximum atomic E-state index is 11.5. The average Bonchev–Trinajstić information content (AvgIpc) is 3.01. The van der Waals surface area contributed by atoms with Crippen molar-refractivity contribution in [2.24, 2.45) is 5.92 Å². The quantitative estimate of drug-likeness (QED) is 0.740. The fraction of sp³-hybridized carbons (Fsp3) is 0.909. The van der Waals surface area contributed by atoms with Gasteiger partial charge in [0.2, 0.25) is 0 Å². The summed E-state index contributed by atoms with van der Waals surface area (Å²) in [7, 11) is 0. The van der Waals surface area contributed by atoms with Crippen LogP contribution in [0.4, 0.5) is 4.79 Å². The lowest BCUT2D eigenvalue weighted by Gasteiger charge is -2.23. The van der Waals surface area contributed by atoms with Crippen molar-refractivity contribution in [2.45, 2.75) is 44.8 Å². The van der Waals surface area contributed by atoms with Crippen LogP contribution in [0.3, 0.4) is 0 Å². The summed E-state index contributed by atoms with van der Waals surface area (Å²) in [6.07, 6.45) is 4.24. The number of hydrogen-bond donors (Lipinski definition) is 2. The average molecular weight is 212 g/mol. The summed E-state index contributed by atoms with van der Waals surface area (Å²) in [5.41, 5.74) is 0. The summed E-state index contributed by atoms with van der Waals surface area (Å²) >= 11 is 0. The minimum atomic E-state index is -0.235. The summed E-state index contributed by atoms with van der Waals surface area (Å²) in [5.74, 6) is 0.686. The fourth-order valence-electron chi connectivity index (χ4n) is 2.00. The highest BCUT2D eigenvalue weighted by atomic mass is 16.6. The van der Waals surface area contributed by atoms with Crippen molar-refractivity contribution in [1.29, 1.82) is 0 Å². The van der Waals surface area contributed by atoms with Gasteiger partial charge in [-0.15, -0.1) is 0 Å². The zero-order valence-electron chi connectivity index (χ0n) is 9.29. The van der Waals surface area contributed by atoms with Gasteiger partial charge in [0.05, 0.1) is 0 Å². The zero-order chi connectivity index (χ0) is 10.7. The van der Waals surface area contributed by atoms with E-state index in [9.17, 15) is 4.79 Å². The molecule has 2 rings (SSSR count). The van der Waals surface area contributed by atoms with Gasteiger partial charge in [0.25, 0.3) is 0 Å². The molecule has 2 aliphatic rings. The Kier molecular flexibility index (Phi) is 3.46. The van der Waals surface area contributed by atoms with Crippen LogP contribution in [-0.2, 0) is 4.74 Å². The molecular weight excluding hydrogens is 192 g/mol. The molecule has 2 N–H and O–H groups in total. The van der Waals surface area contributed by atoms with Crippen LogP contribution in [0.5, 0.6) is 0 Å². The minimum Gasteiger partial charge on any atom is -0.446 e. The van der Waals surface area contributed by atoms with E-state index in [1.165, 1.54) is 12.8 Å². The van der Waals surface area contributed by atoms with Crippen molar-refractivity contribution in [2.75, 3.05) is 13.1 Å². The number of carbonyl (C=O) groups excluding carboxylic acids is 1. The summed E-state index contributed by atoms with van der Waals surface area (Å²) in [4.78, 5) is 11.5. The van der Waals surface area contributed by atoms with Gasteiger partial charge in [-0.3, -0.25) is 0 Å². The molecule has 0 aromatic rings. The van der Waals surface area contributed by atoms with Crippen LogP contribution in [0.1, 0.15) is 32.6 Å². The molecule has 1 aliphatic carbocycles. The molecule has 1 saturated heterocycles. The summed E-state index contributed by atoms with van der Waals surface area (Å²) in [6, 6.07) is 0.277. The summed E-state index contributed by atoms with van der Waals surface area (Å²) in [5, 5.41) is 6.15. The third kappa shape index (κ3) is 3.38. The molecular formula is C11H20N2O2. The molecule has 2 fully saturated rings. The number of piperidine rings is 1. The molecule has 0 bridgehead atoms. The van der Waals surface area contributed by atoms with Crippen LogP contribution in [0, 0.1) is 5.92 Å². The Balaban J connectivity index is 1.66. The van der Waals surface area contributed by atoms with E-state index in [4.69, 9.17) is 4.74 Å². The minimum absolute atomic E-state index is 0.109. The monoisotopic (exact) mass is 212 g/mol. The summed E-state index contributed by atoms with van der Waals surface area (Å²) in [6.45, 7) is 3.97. The van der Waals surface area contributed by atoms with Crippen molar-refractivity contribution in [1.82, 2.24) is 10.6 Å². The molecule has 15 heavy (non-hydrogen) atoms. The molecule has 1 saturated carbocycles. The van der Waals surface area contributed by atoms with Gasteiger partial charge in [-0.05, 0) is 51.6 Å². The molecule has 0 unspecified atom stereocenters. The zero-order valence-corrected chi connectivity index (χ0v) is 9.29. The highest BCUT2D eigenvalue weighted by Crippen LogP contribution is 2.32. The van der Waals surface area contributed by atoms with Crippen LogP contribution in [0.25, 0.3) is 0 Å². The molecule has 1 amide bonds. The molecule has 86 valence electrons. The van der Waals surface area contributed by atoms with Crippen LogP contribution in [0.15, 0.2) is 0 Å². The second kappa shape index (κ2) is 4.84. The van der Waals surface area contributed by atoms with Gasteiger partial charge in [-0.1, -0.05) is 0 Å². The van der Waals surface area contributed by atoms with E-state index >= 15 is 0 Å². The number of alkyl carbamates (subject to hydrolysis) is 1. The van der Waals surface area contributed by atoms with Gasteiger partial charge in [0.15, 0.2) is 0 Å². The molecule has 1 aliphatic heterocycles. The Morgan fingerprint density at radius 3 is 2.60 bits per heavy atom. The molecule has 1 atom stereocenters. The van der Waals surface area contributed by atoms with E-state index in [-0.39, 0.29) is 18.2 Å². The fourth-order valence-corrected chi connectivity index (χ4v) is 2.00. The van der Waals surface area contributed by atoms with Crippen LogP contribution >= 0.6 is 0 Å². The van der Waals surface area contributed by atoms with Crippen molar-refractivity contribution >= 4 is 6.09 Å². The Hall–Kier alpha value is -0.770. The molecule has 4 nitrogen and oxygen atoms in total. The first kappa shape index (κ1) is 10.7. The normalized spacial score (nSPS) is 24.6. The second-order valence-corrected chi connectivity index (χ2v) is 4.63. The standard InChI is InChI=1S/C11H20N2O2/c1-8(9-2-3-9)13-11(14)15-10-4-6-12-7-5-10/h8-10,12H,2-7H2,1H3,(H,13,14)/t8-/m0/s1. The molecule has 1 heterocycles. The summed E-state index contributed by atoms with van der Waals surface area (Å²) < 4.78 is 5.35.